The van der Waals surface area contributed by atoms with Gasteiger partial charge in [0.1, 0.15) is 0 Å². The van der Waals surface area contributed by atoms with E-state index in [2.05, 4.69) is 0 Å². The van der Waals surface area contributed by atoms with Gasteiger partial charge in [-0.05, 0) is 30.7 Å². The number of phenols is 2. The summed E-state index contributed by atoms with van der Waals surface area (Å²) in [7, 11) is 0. The van der Waals surface area contributed by atoms with Crippen molar-refractivity contribution in [2.45, 2.75) is 13.8 Å². The fourth-order valence-electron chi connectivity index (χ4n) is 1.83. The van der Waals surface area contributed by atoms with Crippen LogP contribution in [0.2, 0.25) is 0 Å². The number of nitrogens with zero attached hydrogens (tertiary/aromatic N) is 1. The van der Waals surface area contributed by atoms with E-state index in [4.69, 9.17) is 4.42 Å². The summed E-state index contributed by atoms with van der Waals surface area (Å²) in [6, 6.07) is 4.25. The molecular formula is C15H13NO6. The fourth-order valence-corrected chi connectivity index (χ4v) is 1.83. The molecule has 2 rings (SSSR count). The van der Waals surface area contributed by atoms with E-state index < -0.39 is 16.3 Å². The lowest BCUT2D eigenvalue weighted by molar-refractivity contribution is -0.424. The summed E-state index contributed by atoms with van der Waals surface area (Å²) in [6.45, 7) is 2.95. The van der Waals surface area contributed by atoms with Crippen molar-refractivity contribution in [1.29, 1.82) is 0 Å². The molecule has 2 N–H and O–H groups in total. The number of benzene rings is 1. The number of hydrogen-bond acceptors (Lipinski definition) is 6. The van der Waals surface area contributed by atoms with Crippen LogP contribution in [0.4, 0.5) is 0 Å². The normalized spacial score (nSPS) is 12.6. The standard InChI is InChI=1S/C15H13NO6/c1-8(3-4-9(2)16(20)21)11-7-10-5-6-12(17)13(18)14(10)22-15(11)19/h3-7,17-18H,1-2H3/b8-3+,9-4+. The summed E-state index contributed by atoms with van der Waals surface area (Å²) in [4.78, 5) is 22.0. The quantitative estimate of drug-likeness (QED) is 0.296. The molecule has 0 spiro atoms. The molecule has 22 heavy (non-hydrogen) atoms. The maximum absolute atomic E-state index is 12.0. The minimum atomic E-state index is -0.714. The van der Waals surface area contributed by atoms with E-state index in [-0.39, 0.29) is 22.6 Å². The minimum absolute atomic E-state index is 0.0629. The van der Waals surface area contributed by atoms with E-state index in [1.54, 1.807) is 6.92 Å². The van der Waals surface area contributed by atoms with Gasteiger partial charge in [0.25, 0.3) is 0 Å². The van der Waals surface area contributed by atoms with E-state index in [0.29, 0.717) is 11.0 Å². The van der Waals surface area contributed by atoms with Crippen molar-refractivity contribution in [1.82, 2.24) is 0 Å². The SMILES string of the molecule is C/C(=C\C=C(/C)[N+](=O)[O-])c1cc2ccc(O)c(O)c2oc1=O. The van der Waals surface area contributed by atoms with Crippen LogP contribution in [-0.4, -0.2) is 15.1 Å². The molecule has 1 heterocycles. The smallest absolute Gasteiger partial charge is 0.343 e. The van der Waals surface area contributed by atoms with Crippen molar-refractivity contribution in [2.75, 3.05) is 0 Å². The number of fused-ring (bicyclic) bond motifs is 1. The lowest BCUT2D eigenvalue weighted by atomic mass is 10.1. The molecule has 1 aromatic heterocycles. The van der Waals surface area contributed by atoms with Gasteiger partial charge < -0.3 is 14.6 Å². The molecule has 0 unspecified atom stereocenters. The maximum atomic E-state index is 12.0. The average Bonchev–Trinajstić information content (AvgIpc) is 2.48. The number of nitro groups is 1. The molecular weight excluding hydrogens is 290 g/mol. The molecule has 0 amide bonds. The van der Waals surface area contributed by atoms with Gasteiger partial charge in [0.15, 0.2) is 11.3 Å². The van der Waals surface area contributed by atoms with Crippen LogP contribution in [-0.2, 0) is 0 Å². The lowest BCUT2D eigenvalue weighted by Crippen LogP contribution is -2.05. The van der Waals surface area contributed by atoms with Crippen LogP contribution in [0.5, 0.6) is 11.5 Å². The summed E-state index contributed by atoms with van der Waals surface area (Å²) in [5.41, 5.74) is -0.200. The Balaban J connectivity index is 2.58. The van der Waals surface area contributed by atoms with E-state index in [9.17, 15) is 25.1 Å². The lowest BCUT2D eigenvalue weighted by Gasteiger charge is -2.04. The van der Waals surface area contributed by atoms with Crippen LogP contribution in [0.1, 0.15) is 19.4 Å². The van der Waals surface area contributed by atoms with E-state index in [1.165, 1.54) is 37.3 Å². The van der Waals surface area contributed by atoms with Gasteiger partial charge in [0, 0.05) is 18.4 Å². The number of allylic oxidation sites excluding steroid dienone is 4. The summed E-state index contributed by atoms with van der Waals surface area (Å²) in [5, 5.41) is 30.0. The van der Waals surface area contributed by atoms with Gasteiger partial charge in [-0.25, -0.2) is 4.79 Å². The summed E-state index contributed by atoms with van der Waals surface area (Å²) < 4.78 is 5.02. The van der Waals surface area contributed by atoms with Crippen molar-refractivity contribution < 1.29 is 19.6 Å². The Morgan fingerprint density at radius 1 is 1.27 bits per heavy atom. The molecule has 0 aliphatic rings. The summed E-state index contributed by atoms with van der Waals surface area (Å²) >= 11 is 0. The van der Waals surface area contributed by atoms with Gasteiger partial charge in [-0.1, -0.05) is 6.08 Å². The Kier molecular flexibility index (Phi) is 3.98. The molecule has 0 fully saturated rings. The first-order valence-electron chi connectivity index (χ1n) is 6.30. The van der Waals surface area contributed by atoms with Crippen LogP contribution >= 0.6 is 0 Å². The van der Waals surface area contributed by atoms with Gasteiger partial charge in [-0.15, -0.1) is 0 Å². The Morgan fingerprint density at radius 3 is 2.59 bits per heavy atom. The van der Waals surface area contributed by atoms with Crippen molar-refractivity contribution >= 4 is 16.5 Å². The fraction of sp³-hybridized carbons (Fsp3) is 0.133. The zero-order valence-corrected chi connectivity index (χ0v) is 11.9. The third kappa shape index (κ3) is 2.83. The van der Waals surface area contributed by atoms with Crippen molar-refractivity contribution in [3.63, 3.8) is 0 Å². The molecule has 0 saturated heterocycles. The molecule has 114 valence electrons. The van der Waals surface area contributed by atoms with Gasteiger partial charge in [-0.3, -0.25) is 10.1 Å². The molecule has 1 aromatic carbocycles. The molecule has 2 aromatic rings. The zero-order chi connectivity index (χ0) is 16.4. The highest BCUT2D eigenvalue weighted by molar-refractivity contribution is 5.87. The highest BCUT2D eigenvalue weighted by Gasteiger charge is 2.12. The second kappa shape index (κ2) is 5.72. The monoisotopic (exact) mass is 303 g/mol. The largest absolute Gasteiger partial charge is 0.504 e. The molecule has 7 heteroatoms. The van der Waals surface area contributed by atoms with Crippen LogP contribution in [0.15, 0.2) is 45.3 Å². The molecule has 0 atom stereocenters. The second-order valence-electron chi connectivity index (χ2n) is 4.71. The maximum Gasteiger partial charge on any atom is 0.343 e. The first-order valence-corrected chi connectivity index (χ1v) is 6.30. The average molecular weight is 303 g/mol. The minimum Gasteiger partial charge on any atom is -0.504 e. The van der Waals surface area contributed by atoms with E-state index in [0.717, 1.165) is 0 Å². The highest BCUT2D eigenvalue weighted by atomic mass is 16.6. The third-order valence-electron chi connectivity index (χ3n) is 3.14. The topological polar surface area (TPSA) is 114 Å². The van der Waals surface area contributed by atoms with Crippen molar-refractivity contribution in [3.8, 4) is 11.5 Å². The number of aromatic hydroxyl groups is 2. The zero-order valence-electron chi connectivity index (χ0n) is 11.9. The van der Waals surface area contributed by atoms with Crippen molar-refractivity contribution in [2.24, 2.45) is 0 Å². The number of rotatable bonds is 3. The predicted octanol–water partition coefficient (Wildman–Crippen LogP) is 2.79. The Hall–Kier alpha value is -3.09. The van der Waals surface area contributed by atoms with E-state index >= 15 is 0 Å². The molecule has 0 saturated carbocycles. The van der Waals surface area contributed by atoms with Gasteiger partial charge in [0.05, 0.1) is 10.5 Å². The molecule has 0 aliphatic heterocycles. The van der Waals surface area contributed by atoms with Crippen molar-refractivity contribution in [3.05, 3.63) is 62.1 Å². The van der Waals surface area contributed by atoms with Gasteiger partial charge in [0.2, 0.25) is 11.4 Å². The van der Waals surface area contributed by atoms with Crippen LogP contribution in [0.25, 0.3) is 16.5 Å². The predicted molar refractivity (Wildman–Crippen MR) is 80.2 cm³/mol. The van der Waals surface area contributed by atoms with E-state index in [1.807, 2.05) is 0 Å². The number of hydrogen-bond donors (Lipinski definition) is 2. The first-order chi connectivity index (χ1) is 10.3. The third-order valence-corrected chi connectivity index (χ3v) is 3.14. The van der Waals surface area contributed by atoms with Crippen LogP contribution in [0.3, 0.4) is 0 Å². The molecule has 0 aliphatic carbocycles. The highest BCUT2D eigenvalue weighted by Crippen LogP contribution is 2.33. The van der Waals surface area contributed by atoms with Gasteiger partial charge in [-0.2, -0.15) is 0 Å². The first kappa shape index (κ1) is 15.3. The number of phenolic OH excluding ortho intramolecular Hbond substituents is 2. The Bertz CT molecular complexity index is 875. The summed E-state index contributed by atoms with van der Waals surface area (Å²) in [5.74, 6) is -0.896. The summed E-state index contributed by atoms with van der Waals surface area (Å²) in [6.07, 6.45) is 2.73. The molecule has 0 bridgehead atoms. The van der Waals surface area contributed by atoms with Crippen LogP contribution in [0, 0.1) is 10.1 Å². The van der Waals surface area contributed by atoms with Crippen LogP contribution < -0.4 is 5.63 Å². The molecule has 0 radical (unpaired) electrons. The molecule has 7 nitrogen and oxygen atoms in total. The Labute approximate surface area is 124 Å². The van der Waals surface area contributed by atoms with Gasteiger partial charge >= 0.3 is 5.63 Å². The second-order valence-corrected chi connectivity index (χ2v) is 4.71. The Morgan fingerprint density at radius 2 is 1.95 bits per heavy atom.